The Balaban J connectivity index is 2.28. The number of halogens is 2. The van der Waals surface area contributed by atoms with Crippen molar-refractivity contribution in [2.24, 2.45) is 0 Å². The summed E-state index contributed by atoms with van der Waals surface area (Å²) in [6.45, 7) is 2.99. The number of nitrogens with one attached hydrogen (secondary N) is 2. The lowest BCUT2D eigenvalue weighted by Crippen LogP contribution is -2.45. The molecule has 0 aromatic heterocycles. The predicted octanol–water partition coefficient (Wildman–Crippen LogP) is 1.45. The third-order valence-electron chi connectivity index (χ3n) is 3.29. The highest BCUT2D eigenvalue weighted by Gasteiger charge is 2.29. The van der Waals surface area contributed by atoms with E-state index in [-0.39, 0.29) is 10.8 Å². The summed E-state index contributed by atoms with van der Waals surface area (Å²) in [7, 11) is -3.38. The molecule has 0 spiro atoms. The zero-order valence-electron chi connectivity index (χ0n) is 11.6. The first kappa shape index (κ1) is 16.6. The molecule has 2 rings (SSSR count). The average molecular weight is 337 g/mol. The van der Waals surface area contributed by atoms with Gasteiger partial charge in [0.05, 0.1) is 23.4 Å². The molecule has 1 aliphatic rings. The van der Waals surface area contributed by atoms with Crippen LogP contribution >= 0.6 is 11.6 Å². The van der Waals surface area contributed by atoms with E-state index < -0.39 is 28.0 Å². The molecular formula is C13H18ClFN2O3S. The molecule has 5 nitrogen and oxygen atoms in total. The Kier molecular flexibility index (Phi) is 5.56. The van der Waals surface area contributed by atoms with Gasteiger partial charge in [-0.25, -0.2) is 17.5 Å². The zero-order valence-corrected chi connectivity index (χ0v) is 13.2. The van der Waals surface area contributed by atoms with E-state index in [9.17, 15) is 12.8 Å². The standard InChI is InChI=1S/C13H18ClFN2O3S/c1-2-21(18,19)17-12-8-16-5-6-20-13(12)9-3-4-10(14)11(15)7-9/h3-4,7,12-13,16-17H,2,5-6,8H2,1H3. The molecule has 21 heavy (non-hydrogen) atoms. The van der Waals surface area contributed by atoms with Crippen LogP contribution in [0, 0.1) is 5.82 Å². The first-order valence-corrected chi connectivity index (χ1v) is 8.73. The Labute approximate surface area is 128 Å². The highest BCUT2D eigenvalue weighted by Crippen LogP contribution is 2.26. The minimum absolute atomic E-state index is 0.0226. The van der Waals surface area contributed by atoms with Crippen LogP contribution in [0.2, 0.25) is 5.02 Å². The zero-order chi connectivity index (χ0) is 15.5. The van der Waals surface area contributed by atoms with Crippen molar-refractivity contribution in [1.82, 2.24) is 10.0 Å². The molecule has 118 valence electrons. The molecule has 1 saturated heterocycles. The van der Waals surface area contributed by atoms with Gasteiger partial charge in [-0.1, -0.05) is 17.7 Å². The second-order valence-electron chi connectivity index (χ2n) is 4.80. The molecule has 1 aromatic carbocycles. The maximum atomic E-state index is 13.6. The maximum Gasteiger partial charge on any atom is 0.211 e. The van der Waals surface area contributed by atoms with E-state index in [0.29, 0.717) is 25.3 Å². The van der Waals surface area contributed by atoms with Crippen molar-refractivity contribution in [2.75, 3.05) is 25.4 Å². The molecule has 0 saturated carbocycles. The Morgan fingerprint density at radius 3 is 2.95 bits per heavy atom. The van der Waals surface area contributed by atoms with Gasteiger partial charge in [-0.15, -0.1) is 0 Å². The highest BCUT2D eigenvalue weighted by molar-refractivity contribution is 7.89. The summed E-state index contributed by atoms with van der Waals surface area (Å²) >= 11 is 5.68. The van der Waals surface area contributed by atoms with Gasteiger partial charge in [0, 0.05) is 13.1 Å². The average Bonchev–Trinajstić information content (AvgIpc) is 2.67. The van der Waals surface area contributed by atoms with Crippen molar-refractivity contribution in [3.05, 3.63) is 34.6 Å². The molecule has 8 heteroatoms. The van der Waals surface area contributed by atoms with Crippen molar-refractivity contribution in [1.29, 1.82) is 0 Å². The van der Waals surface area contributed by atoms with Crippen LogP contribution in [0.5, 0.6) is 0 Å². The lowest BCUT2D eigenvalue weighted by Gasteiger charge is -2.25. The van der Waals surface area contributed by atoms with Crippen LogP contribution in [0.4, 0.5) is 4.39 Å². The lowest BCUT2D eigenvalue weighted by atomic mass is 10.0. The monoisotopic (exact) mass is 336 g/mol. The van der Waals surface area contributed by atoms with Crippen LogP contribution in [0.1, 0.15) is 18.6 Å². The number of rotatable bonds is 4. The van der Waals surface area contributed by atoms with Crippen LogP contribution in [-0.2, 0) is 14.8 Å². The van der Waals surface area contributed by atoms with Gasteiger partial charge in [-0.2, -0.15) is 0 Å². The normalized spacial score (nSPS) is 23.8. The van der Waals surface area contributed by atoms with E-state index in [4.69, 9.17) is 16.3 Å². The molecule has 0 bridgehead atoms. The summed E-state index contributed by atoms with van der Waals surface area (Å²) < 4.78 is 45.5. The maximum absolute atomic E-state index is 13.6. The van der Waals surface area contributed by atoms with Crippen LogP contribution in [0.3, 0.4) is 0 Å². The largest absolute Gasteiger partial charge is 0.370 e. The number of sulfonamides is 1. The summed E-state index contributed by atoms with van der Waals surface area (Å²) in [5.41, 5.74) is 0.560. The second-order valence-corrected chi connectivity index (χ2v) is 7.25. The molecule has 1 heterocycles. The number of ether oxygens (including phenoxy) is 1. The van der Waals surface area contributed by atoms with Crippen molar-refractivity contribution in [2.45, 2.75) is 19.1 Å². The third-order valence-corrected chi connectivity index (χ3v) is 5.02. The minimum Gasteiger partial charge on any atom is -0.370 e. The Morgan fingerprint density at radius 2 is 2.29 bits per heavy atom. The third kappa shape index (κ3) is 4.37. The molecule has 1 aromatic rings. The molecule has 2 atom stereocenters. The van der Waals surface area contributed by atoms with E-state index in [1.54, 1.807) is 13.0 Å². The predicted molar refractivity (Wildman–Crippen MR) is 79.4 cm³/mol. The summed E-state index contributed by atoms with van der Waals surface area (Å²) in [4.78, 5) is 0. The van der Waals surface area contributed by atoms with E-state index in [0.717, 1.165) is 0 Å². The molecule has 2 N–H and O–H groups in total. The number of benzene rings is 1. The second kappa shape index (κ2) is 7.02. The van der Waals surface area contributed by atoms with Gasteiger partial charge in [0.2, 0.25) is 10.0 Å². The Hall–Kier alpha value is -0.730. The molecule has 2 unspecified atom stereocenters. The first-order valence-electron chi connectivity index (χ1n) is 6.70. The van der Waals surface area contributed by atoms with Gasteiger partial charge in [0.1, 0.15) is 11.9 Å². The van der Waals surface area contributed by atoms with Gasteiger partial charge in [0.15, 0.2) is 0 Å². The van der Waals surface area contributed by atoms with E-state index in [1.807, 2.05) is 0 Å². The SMILES string of the molecule is CCS(=O)(=O)NC1CNCCOC1c1ccc(Cl)c(F)c1. The first-order chi connectivity index (χ1) is 9.93. The van der Waals surface area contributed by atoms with Crippen LogP contribution in [0.15, 0.2) is 18.2 Å². The smallest absolute Gasteiger partial charge is 0.211 e. The lowest BCUT2D eigenvalue weighted by molar-refractivity contribution is 0.0491. The quantitative estimate of drug-likeness (QED) is 0.873. The van der Waals surface area contributed by atoms with Gasteiger partial charge in [0.25, 0.3) is 0 Å². The molecule has 0 aliphatic carbocycles. The van der Waals surface area contributed by atoms with Gasteiger partial charge in [-0.05, 0) is 24.6 Å². The van der Waals surface area contributed by atoms with Crippen LogP contribution in [-0.4, -0.2) is 39.9 Å². The van der Waals surface area contributed by atoms with E-state index in [1.165, 1.54) is 12.1 Å². The molecule has 0 amide bonds. The van der Waals surface area contributed by atoms with Gasteiger partial charge in [-0.3, -0.25) is 0 Å². The molecular weight excluding hydrogens is 319 g/mol. The fraction of sp³-hybridized carbons (Fsp3) is 0.538. The van der Waals surface area contributed by atoms with E-state index in [2.05, 4.69) is 10.0 Å². The van der Waals surface area contributed by atoms with E-state index >= 15 is 0 Å². The summed E-state index contributed by atoms with van der Waals surface area (Å²) in [6, 6.07) is 3.87. The van der Waals surface area contributed by atoms with Crippen molar-refractivity contribution in [3.63, 3.8) is 0 Å². The van der Waals surface area contributed by atoms with Crippen molar-refractivity contribution >= 4 is 21.6 Å². The number of hydrogen-bond donors (Lipinski definition) is 2. The molecule has 0 radical (unpaired) electrons. The molecule has 1 fully saturated rings. The summed E-state index contributed by atoms with van der Waals surface area (Å²) in [5.74, 6) is -0.572. The van der Waals surface area contributed by atoms with Gasteiger partial charge >= 0.3 is 0 Å². The van der Waals surface area contributed by atoms with Crippen LogP contribution < -0.4 is 10.0 Å². The fourth-order valence-electron chi connectivity index (χ4n) is 2.17. The van der Waals surface area contributed by atoms with Crippen molar-refractivity contribution in [3.8, 4) is 0 Å². The highest BCUT2D eigenvalue weighted by atomic mass is 35.5. The minimum atomic E-state index is -3.38. The summed E-state index contributed by atoms with van der Waals surface area (Å²) in [5, 5.41) is 3.12. The summed E-state index contributed by atoms with van der Waals surface area (Å²) in [6.07, 6.45) is -0.562. The fourth-order valence-corrected chi connectivity index (χ4v) is 3.13. The van der Waals surface area contributed by atoms with Crippen molar-refractivity contribution < 1.29 is 17.5 Å². The topological polar surface area (TPSA) is 67.4 Å². The van der Waals surface area contributed by atoms with Gasteiger partial charge < -0.3 is 10.1 Å². The Morgan fingerprint density at radius 1 is 1.52 bits per heavy atom. The number of hydrogen-bond acceptors (Lipinski definition) is 4. The molecule has 1 aliphatic heterocycles. The Bertz CT molecular complexity index is 597. The van der Waals surface area contributed by atoms with Crippen LogP contribution in [0.25, 0.3) is 0 Å².